The lowest BCUT2D eigenvalue weighted by Crippen LogP contribution is -2.36. The lowest BCUT2D eigenvalue weighted by molar-refractivity contribution is -0.173. The molecule has 0 spiro atoms. The molecule has 210 valence electrons. The maximum atomic E-state index is 14.1. The molecule has 0 fully saturated rings. The highest BCUT2D eigenvalue weighted by Crippen LogP contribution is 2.46. The standard InChI is InChI=1S/C27H25Cl2F3N6O2/c1-14-24(15(2)37(36-14)13-16-8-9-19(28)20(29)10-16)35-26(39)18-12-33-38-23(27(30,31)32)11-21(34-25(18)38)17-6-4-5-7-22(17)40-3/h4-10,12,21,23,34H,11,13H2,1-3H3,(H,35,39)/t21-,23+/m0/s1. The van der Waals surface area contributed by atoms with Gasteiger partial charge in [0.25, 0.3) is 5.91 Å². The summed E-state index contributed by atoms with van der Waals surface area (Å²) >= 11 is 12.1. The summed E-state index contributed by atoms with van der Waals surface area (Å²) in [6.07, 6.45) is -3.76. The van der Waals surface area contributed by atoms with Crippen LogP contribution < -0.4 is 15.4 Å². The van der Waals surface area contributed by atoms with Crippen molar-refractivity contribution in [2.45, 2.75) is 45.1 Å². The highest BCUT2D eigenvalue weighted by molar-refractivity contribution is 6.42. The largest absolute Gasteiger partial charge is 0.496 e. The number of benzene rings is 2. The predicted octanol–water partition coefficient (Wildman–Crippen LogP) is 6.97. The van der Waals surface area contributed by atoms with Gasteiger partial charge >= 0.3 is 6.18 Å². The SMILES string of the molecule is COc1ccccc1[C@@H]1C[C@H](C(F)(F)F)n2ncc(C(=O)Nc3c(C)nn(Cc4ccc(Cl)c(Cl)c4)c3C)c2N1. The zero-order valence-corrected chi connectivity index (χ0v) is 23.2. The number of carbonyl (C=O) groups is 1. The van der Waals surface area contributed by atoms with Crippen molar-refractivity contribution in [3.8, 4) is 5.75 Å². The van der Waals surface area contributed by atoms with Crippen molar-refractivity contribution in [2.24, 2.45) is 0 Å². The predicted molar refractivity (Wildman–Crippen MR) is 147 cm³/mol. The minimum atomic E-state index is -4.59. The fourth-order valence-electron chi connectivity index (χ4n) is 4.91. The van der Waals surface area contributed by atoms with Gasteiger partial charge < -0.3 is 15.4 Å². The van der Waals surface area contributed by atoms with E-state index in [1.165, 1.54) is 7.11 Å². The van der Waals surface area contributed by atoms with Crippen LogP contribution in [0.5, 0.6) is 5.75 Å². The summed E-state index contributed by atoms with van der Waals surface area (Å²) in [5, 5.41) is 15.2. The Bertz CT molecular complexity index is 1580. The van der Waals surface area contributed by atoms with Gasteiger partial charge in [0.1, 0.15) is 17.1 Å². The van der Waals surface area contributed by atoms with Gasteiger partial charge in [-0.15, -0.1) is 0 Å². The van der Waals surface area contributed by atoms with E-state index in [4.69, 9.17) is 27.9 Å². The summed E-state index contributed by atoms with van der Waals surface area (Å²) in [6, 6.07) is 9.39. The van der Waals surface area contributed by atoms with Gasteiger partial charge in [0.15, 0.2) is 6.04 Å². The number of para-hydroxylation sites is 1. The first-order chi connectivity index (χ1) is 19.0. The summed E-state index contributed by atoms with van der Waals surface area (Å²) < 4.78 is 50.3. The van der Waals surface area contributed by atoms with Gasteiger partial charge in [-0.05, 0) is 37.6 Å². The van der Waals surface area contributed by atoms with Crippen molar-refractivity contribution < 1.29 is 22.7 Å². The number of aryl methyl sites for hydroxylation is 1. The van der Waals surface area contributed by atoms with Crippen molar-refractivity contribution in [3.05, 3.63) is 86.8 Å². The Hall–Kier alpha value is -3.70. The number of fused-ring (bicyclic) bond motifs is 1. The van der Waals surface area contributed by atoms with Crippen molar-refractivity contribution in [2.75, 3.05) is 17.7 Å². The second-order valence-electron chi connectivity index (χ2n) is 9.49. The Labute approximate surface area is 238 Å². The lowest BCUT2D eigenvalue weighted by Gasteiger charge is -2.34. The fourth-order valence-corrected chi connectivity index (χ4v) is 5.23. The van der Waals surface area contributed by atoms with Crippen LogP contribution in [-0.4, -0.2) is 38.8 Å². The van der Waals surface area contributed by atoms with E-state index < -0.39 is 24.2 Å². The fraction of sp³-hybridized carbons (Fsp3) is 0.296. The number of ether oxygens (including phenoxy) is 1. The maximum absolute atomic E-state index is 14.1. The first-order valence-corrected chi connectivity index (χ1v) is 13.1. The van der Waals surface area contributed by atoms with Crippen LogP contribution in [0.3, 0.4) is 0 Å². The van der Waals surface area contributed by atoms with Crippen LogP contribution in [-0.2, 0) is 6.54 Å². The van der Waals surface area contributed by atoms with Gasteiger partial charge in [-0.25, -0.2) is 4.68 Å². The van der Waals surface area contributed by atoms with E-state index in [-0.39, 0.29) is 17.8 Å². The second-order valence-corrected chi connectivity index (χ2v) is 10.3. The Morgan fingerprint density at radius 1 is 1.18 bits per heavy atom. The molecule has 8 nitrogen and oxygen atoms in total. The number of hydrogen-bond acceptors (Lipinski definition) is 5. The monoisotopic (exact) mass is 592 g/mol. The Kier molecular flexibility index (Phi) is 7.45. The molecule has 0 aliphatic carbocycles. The Morgan fingerprint density at radius 2 is 1.93 bits per heavy atom. The molecule has 2 aromatic heterocycles. The zero-order chi connectivity index (χ0) is 28.8. The Balaban J connectivity index is 1.45. The Morgan fingerprint density at radius 3 is 2.62 bits per heavy atom. The van der Waals surface area contributed by atoms with Crippen molar-refractivity contribution in [1.82, 2.24) is 19.6 Å². The van der Waals surface area contributed by atoms with Crippen LogP contribution in [0.2, 0.25) is 10.0 Å². The van der Waals surface area contributed by atoms with Crippen LogP contribution in [0, 0.1) is 13.8 Å². The number of nitrogens with one attached hydrogen (secondary N) is 2. The van der Waals surface area contributed by atoms with E-state index in [0.29, 0.717) is 45.0 Å². The average Bonchev–Trinajstić information content (AvgIpc) is 3.46. The molecular formula is C27H25Cl2F3N6O2. The number of aromatic nitrogens is 4. The molecule has 0 saturated carbocycles. The van der Waals surface area contributed by atoms with Crippen molar-refractivity contribution >= 4 is 40.6 Å². The molecule has 3 heterocycles. The first-order valence-electron chi connectivity index (χ1n) is 12.3. The van der Waals surface area contributed by atoms with E-state index in [2.05, 4.69) is 20.8 Å². The third-order valence-corrected chi connectivity index (χ3v) is 7.67. The number of methoxy groups -OCH3 is 1. The number of hydrogen-bond donors (Lipinski definition) is 2. The molecular weight excluding hydrogens is 568 g/mol. The molecule has 0 radical (unpaired) electrons. The number of anilines is 2. The minimum Gasteiger partial charge on any atom is -0.496 e. The first kappa shape index (κ1) is 27.9. The molecule has 40 heavy (non-hydrogen) atoms. The maximum Gasteiger partial charge on any atom is 0.410 e. The quantitative estimate of drug-likeness (QED) is 0.252. The van der Waals surface area contributed by atoms with E-state index in [0.717, 1.165) is 16.4 Å². The number of amides is 1. The number of carbonyl (C=O) groups excluding carboxylic acids is 1. The smallest absolute Gasteiger partial charge is 0.410 e. The van der Waals surface area contributed by atoms with E-state index in [1.807, 2.05) is 6.07 Å². The van der Waals surface area contributed by atoms with Gasteiger partial charge in [-0.2, -0.15) is 23.4 Å². The molecule has 0 bridgehead atoms. The molecule has 1 aliphatic rings. The molecule has 4 aromatic rings. The molecule has 2 aromatic carbocycles. The van der Waals surface area contributed by atoms with Gasteiger partial charge in [-0.1, -0.05) is 47.5 Å². The summed E-state index contributed by atoms with van der Waals surface area (Å²) in [4.78, 5) is 13.4. The molecule has 2 atom stereocenters. The van der Waals surface area contributed by atoms with Crippen LogP contribution in [0.1, 0.15) is 51.4 Å². The summed E-state index contributed by atoms with van der Waals surface area (Å²) in [6.45, 7) is 3.89. The summed E-state index contributed by atoms with van der Waals surface area (Å²) in [5.74, 6) is -0.198. The van der Waals surface area contributed by atoms with Gasteiger partial charge in [0.2, 0.25) is 0 Å². The molecule has 0 unspecified atom stereocenters. The van der Waals surface area contributed by atoms with Crippen LogP contribution in [0.25, 0.3) is 0 Å². The number of alkyl halides is 3. The third-order valence-electron chi connectivity index (χ3n) is 6.93. The van der Waals surface area contributed by atoms with E-state index in [9.17, 15) is 18.0 Å². The van der Waals surface area contributed by atoms with Gasteiger partial charge in [0, 0.05) is 12.0 Å². The van der Waals surface area contributed by atoms with E-state index >= 15 is 0 Å². The number of nitrogens with zero attached hydrogens (tertiary/aromatic N) is 4. The van der Waals surface area contributed by atoms with Gasteiger partial charge in [-0.3, -0.25) is 9.48 Å². The summed E-state index contributed by atoms with van der Waals surface area (Å²) in [5.41, 5.74) is 3.03. The molecule has 0 saturated heterocycles. The molecule has 2 N–H and O–H groups in total. The average molecular weight is 593 g/mol. The van der Waals surface area contributed by atoms with Crippen LogP contribution in [0.4, 0.5) is 24.7 Å². The van der Waals surface area contributed by atoms with Crippen molar-refractivity contribution in [3.63, 3.8) is 0 Å². The normalized spacial score (nSPS) is 16.8. The topological polar surface area (TPSA) is 86.0 Å². The molecule has 13 heteroatoms. The van der Waals surface area contributed by atoms with Gasteiger partial charge in [0.05, 0.1) is 53.0 Å². The second kappa shape index (κ2) is 10.7. The molecule has 1 aliphatic heterocycles. The zero-order valence-electron chi connectivity index (χ0n) is 21.7. The third kappa shape index (κ3) is 5.23. The minimum absolute atomic E-state index is 0.0233. The highest BCUT2D eigenvalue weighted by atomic mass is 35.5. The number of rotatable bonds is 6. The highest BCUT2D eigenvalue weighted by Gasteiger charge is 2.47. The lowest BCUT2D eigenvalue weighted by atomic mass is 9.95. The molecule has 5 rings (SSSR count). The van der Waals surface area contributed by atoms with Crippen LogP contribution in [0.15, 0.2) is 48.7 Å². The number of halogens is 5. The summed E-state index contributed by atoms with van der Waals surface area (Å²) in [7, 11) is 1.46. The van der Waals surface area contributed by atoms with Crippen LogP contribution >= 0.6 is 23.2 Å². The van der Waals surface area contributed by atoms with Crippen molar-refractivity contribution in [1.29, 1.82) is 0 Å². The molecule has 1 amide bonds. The van der Waals surface area contributed by atoms with E-state index in [1.54, 1.807) is 54.9 Å².